The minimum absolute atomic E-state index is 0.0392. The van der Waals surface area contributed by atoms with Crippen LogP contribution in [0.3, 0.4) is 0 Å². The highest BCUT2D eigenvalue weighted by Gasteiger charge is 2.14. The summed E-state index contributed by atoms with van der Waals surface area (Å²) in [6, 6.07) is 7.29. The largest absolute Gasteiger partial charge is 0.472 e. The van der Waals surface area contributed by atoms with Gasteiger partial charge >= 0.3 is 0 Å². The van der Waals surface area contributed by atoms with Crippen LogP contribution >= 0.6 is 11.6 Å². The van der Waals surface area contributed by atoms with Crippen molar-refractivity contribution in [2.75, 3.05) is 29.1 Å². The summed E-state index contributed by atoms with van der Waals surface area (Å²) >= 11 is 6.05. The topological polar surface area (TPSA) is 137 Å². The number of nitrogens with one attached hydrogen (secondary N) is 3. The van der Waals surface area contributed by atoms with Gasteiger partial charge < -0.3 is 30.9 Å². The van der Waals surface area contributed by atoms with Gasteiger partial charge in [-0.2, -0.15) is 9.97 Å². The summed E-state index contributed by atoms with van der Waals surface area (Å²) in [5.41, 5.74) is 1.76. The van der Waals surface area contributed by atoms with Crippen LogP contribution in [0.4, 0.5) is 29.1 Å². The van der Waals surface area contributed by atoms with E-state index < -0.39 is 12.2 Å². The maximum atomic E-state index is 9.62. The van der Waals surface area contributed by atoms with Gasteiger partial charge in [0.2, 0.25) is 17.8 Å². The molecule has 0 aliphatic rings. The van der Waals surface area contributed by atoms with Crippen molar-refractivity contribution in [2.45, 2.75) is 26.1 Å². The summed E-state index contributed by atoms with van der Waals surface area (Å²) in [6.45, 7) is 3.64. The molecule has 2 atom stereocenters. The van der Waals surface area contributed by atoms with E-state index in [-0.39, 0.29) is 17.9 Å². The zero-order valence-electron chi connectivity index (χ0n) is 17.6. The lowest BCUT2D eigenvalue weighted by atomic mass is 10.00. The number of hydrogen-bond acceptors (Lipinski definition) is 10. The van der Waals surface area contributed by atoms with Crippen molar-refractivity contribution in [3.63, 3.8) is 0 Å². The Kier molecular flexibility index (Phi) is 8.04. The van der Waals surface area contributed by atoms with Crippen molar-refractivity contribution < 1.29 is 14.9 Å². The SMILES string of the molecule is [B]c1cnc(Nc2ccc(Nc3ncc(Cl)c(NCCO)n3)cc2)nc1O[C@H](C)[C@@H](C)O. The first-order valence-corrected chi connectivity index (χ1v) is 10.2. The second-order valence-corrected chi connectivity index (χ2v) is 7.29. The molecule has 1 aromatic carbocycles. The summed E-state index contributed by atoms with van der Waals surface area (Å²) in [5.74, 6) is 1.28. The highest BCUT2D eigenvalue weighted by Crippen LogP contribution is 2.23. The van der Waals surface area contributed by atoms with Crippen molar-refractivity contribution in [3.8, 4) is 5.88 Å². The van der Waals surface area contributed by atoms with Gasteiger partial charge in [0, 0.05) is 24.1 Å². The van der Waals surface area contributed by atoms with Gasteiger partial charge in [-0.25, -0.2) is 9.97 Å². The standard InChI is InChI=1S/C20H23BClN7O3/c1-11(31)12(2)32-18-15(21)9-24-20(29-18)27-14-5-3-13(4-6-14)26-19-25-10-16(22)17(28-19)23-7-8-30/h3-6,9-12,30-31H,7-8H2,1-2H3,(H,24,27,29)(H2,23,25,26,28)/t11-,12-/m1/s1. The van der Waals surface area contributed by atoms with Crippen LogP contribution in [0.2, 0.25) is 5.02 Å². The van der Waals surface area contributed by atoms with Gasteiger partial charge in [-0.15, -0.1) is 0 Å². The van der Waals surface area contributed by atoms with Gasteiger partial charge in [-0.3, -0.25) is 0 Å². The van der Waals surface area contributed by atoms with E-state index in [9.17, 15) is 5.11 Å². The number of halogens is 1. The van der Waals surface area contributed by atoms with Gasteiger partial charge in [0.05, 0.1) is 18.9 Å². The van der Waals surface area contributed by atoms with Crippen molar-refractivity contribution in [2.24, 2.45) is 0 Å². The van der Waals surface area contributed by atoms with Gasteiger partial charge in [0.15, 0.2) is 5.82 Å². The molecular weight excluding hydrogens is 433 g/mol. The van der Waals surface area contributed by atoms with Crippen LogP contribution in [-0.4, -0.2) is 63.4 Å². The predicted molar refractivity (Wildman–Crippen MR) is 125 cm³/mol. The van der Waals surface area contributed by atoms with E-state index in [0.717, 1.165) is 11.4 Å². The molecule has 0 unspecified atom stereocenters. The fourth-order valence-electron chi connectivity index (χ4n) is 2.43. The fourth-order valence-corrected chi connectivity index (χ4v) is 2.58. The van der Waals surface area contributed by atoms with E-state index in [1.54, 1.807) is 13.8 Å². The molecule has 2 heterocycles. The normalized spacial score (nSPS) is 12.7. The lowest BCUT2D eigenvalue weighted by Crippen LogP contribution is -2.28. The lowest BCUT2D eigenvalue weighted by Gasteiger charge is -2.18. The Morgan fingerprint density at radius 3 is 2.22 bits per heavy atom. The minimum atomic E-state index is -0.674. The number of anilines is 5. The van der Waals surface area contributed by atoms with Crippen molar-refractivity contribution in [1.82, 2.24) is 19.9 Å². The molecule has 10 nitrogen and oxygen atoms in total. The van der Waals surface area contributed by atoms with Gasteiger partial charge in [-0.05, 0) is 43.6 Å². The molecule has 5 N–H and O–H groups in total. The Labute approximate surface area is 191 Å². The molecule has 0 saturated carbocycles. The number of hydrogen-bond donors (Lipinski definition) is 5. The van der Waals surface area contributed by atoms with E-state index in [0.29, 0.717) is 29.3 Å². The number of nitrogens with zero attached hydrogens (tertiary/aromatic N) is 4. The smallest absolute Gasteiger partial charge is 0.230 e. The zero-order valence-corrected chi connectivity index (χ0v) is 18.3. The third kappa shape index (κ3) is 6.43. The van der Waals surface area contributed by atoms with Crippen LogP contribution in [0.1, 0.15) is 13.8 Å². The van der Waals surface area contributed by atoms with Crippen molar-refractivity contribution in [1.29, 1.82) is 0 Å². The van der Waals surface area contributed by atoms with Crippen LogP contribution in [-0.2, 0) is 0 Å². The average Bonchev–Trinajstić information content (AvgIpc) is 2.77. The third-order valence-electron chi connectivity index (χ3n) is 4.30. The van der Waals surface area contributed by atoms with Crippen LogP contribution in [0.5, 0.6) is 5.88 Å². The first-order valence-electron chi connectivity index (χ1n) is 9.84. The molecule has 0 amide bonds. The Bertz CT molecular complexity index is 1040. The van der Waals surface area contributed by atoms with E-state index in [1.165, 1.54) is 12.4 Å². The Balaban J connectivity index is 1.66. The molecule has 2 aromatic heterocycles. The van der Waals surface area contributed by atoms with E-state index >= 15 is 0 Å². The molecule has 12 heteroatoms. The maximum absolute atomic E-state index is 9.62. The number of ether oxygens (including phenoxy) is 1. The van der Waals surface area contributed by atoms with Gasteiger partial charge in [-0.1, -0.05) is 11.6 Å². The molecular formula is C20H23BClN7O3. The molecule has 0 bridgehead atoms. The second kappa shape index (κ2) is 10.9. The summed E-state index contributed by atoms with van der Waals surface area (Å²) in [4.78, 5) is 16.9. The van der Waals surface area contributed by atoms with Crippen LogP contribution in [0, 0.1) is 0 Å². The van der Waals surface area contributed by atoms with Crippen molar-refractivity contribution in [3.05, 3.63) is 41.7 Å². The highest BCUT2D eigenvalue weighted by molar-refractivity contribution is 6.33. The van der Waals surface area contributed by atoms with Crippen LogP contribution < -0.4 is 26.2 Å². The number of aromatic nitrogens is 4. The zero-order chi connectivity index (χ0) is 23.1. The number of aliphatic hydroxyl groups is 2. The molecule has 166 valence electrons. The number of rotatable bonds is 10. The molecule has 0 fully saturated rings. The minimum Gasteiger partial charge on any atom is -0.472 e. The molecule has 3 aromatic rings. The van der Waals surface area contributed by atoms with E-state index in [1.807, 2.05) is 24.3 Å². The molecule has 3 rings (SSSR count). The fraction of sp³-hybridized carbons (Fsp3) is 0.300. The highest BCUT2D eigenvalue weighted by atomic mass is 35.5. The van der Waals surface area contributed by atoms with Crippen LogP contribution in [0.15, 0.2) is 36.7 Å². The molecule has 2 radical (unpaired) electrons. The Hall–Kier alpha value is -3.15. The third-order valence-corrected chi connectivity index (χ3v) is 4.58. The summed E-state index contributed by atoms with van der Waals surface area (Å²) in [5, 5.41) is 28.0. The Morgan fingerprint density at radius 1 is 1.03 bits per heavy atom. The monoisotopic (exact) mass is 455 g/mol. The average molecular weight is 456 g/mol. The maximum Gasteiger partial charge on any atom is 0.230 e. The molecule has 32 heavy (non-hydrogen) atoms. The lowest BCUT2D eigenvalue weighted by molar-refractivity contribution is 0.0582. The molecule has 0 aliphatic heterocycles. The van der Waals surface area contributed by atoms with Crippen LogP contribution in [0.25, 0.3) is 0 Å². The van der Waals surface area contributed by atoms with Gasteiger partial charge in [0.1, 0.15) is 19.0 Å². The first-order chi connectivity index (χ1) is 15.4. The molecule has 0 spiro atoms. The summed E-state index contributed by atoms with van der Waals surface area (Å²) in [6.07, 6.45) is 1.77. The first kappa shape index (κ1) is 23.5. The van der Waals surface area contributed by atoms with E-state index in [2.05, 4.69) is 35.9 Å². The van der Waals surface area contributed by atoms with E-state index in [4.69, 9.17) is 29.3 Å². The predicted octanol–water partition coefficient (Wildman–Crippen LogP) is 1.75. The van der Waals surface area contributed by atoms with Crippen molar-refractivity contribution >= 4 is 54.0 Å². The number of benzene rings is 1. The summed E-state index contributed by atoms with van der Waals surface area (Å²) in [7, 11) is 5.87. The number of aliphatic hydroxyl groups excluding tert-OH is 2. The Morgan fingerprint density at radius 2 is 1.62 bits per heavy atom. The summed E-state index contributed by atoms with van der Waals surface area (Å²) < 4.78 is 5.59. The second-order valence-electron chi connectivity index (χ2n) is 6.89. The molecule has 0 saturated heterocycles. The molecule has 0 aliphatic carbocycles. The van der Waals surface area contributed by atoms with Gasteiger partial charge in [0.25, 0.3) is 0 Å². The quantitative estimate of drug-likeness (QED) is 0.287.